The second-order valence-electron chi connectivity index (χ2n) is 7.32. The van der Waals surface area contributed by atoms with Gasteiger partial charge in [-0.05, 0) is 67.3 Å². The van der Waals surface area contributed by atoms with E-state index < -0.39 is 10.0 Å². The third-order valence-corrected chi connectivity index (χ3v) is 7.52. The van der Waals surface area contributed by atoms with Crippen LogP contribution in [0.25, 0.3) is 0 Å². The number of nitrogens with zero attached hydrogens (tertiary/aromatic N) is 3. The zero-order chi connectivity index (χ0) is 21.6. The highest BCUT2D eigenvalue weighted by Gasteiger charge is 2.28. The van der Waals surface area contributed by atoms with Crippen molar-refractivity contribution in [3.8, 4) is 5.75 Å². The fraction of sp³-hybridized carbons (Fsp3) is 0.435. The van der Waals surface area contributed by atoms with Crippen LogP contribution >= 0.6 is 0 Å². The van der Waals surface area contributed by atoms with Crippen LogP contribution in [0.2, 0.25) is 0 Å². The summed E-state index contributed by atoms with van der Waals surface area (Å²) in [6, 6.07) is 13.1. The standard InChI is InChI=1S/C23H31N3O3S/c1-4-26(5-2)30(27,28)23-17-20(11-14-22(23)25-15-7-6-8-16-25)24-18-19-9-12-21(29-3)13-10-19/h9-14,17-18H,4-8,15-16H2,1-3H3. The number of ether oxygens (including phenoxy) is 1. The minimum atomic E-state index is -3.59. The van der Waals surface area contributed by atoms with Gasteiger partial charge < -0.3 is 9.64 Å². The molecule has 0 amide bonds. The van der Waals surface area contributed by atoms with Crippen LogP contribution in [0.15, 0.2) is 52.4 Å². The van der Waals surface area contributed by atoms with E-state index in [2.05, 4.69) is 9.89 Å². The third-order valence-electron chi connectivity index (χ3n) is 5.44. The maximum absolute atomic E-state index is 13.4. The van der Waals surface area contributed by atoms with E-state index in [4.69, 9.17) is 4.74 Å². The molecule has 0 N–H and O–H groups in total. The summed E-state index contributed by atoms with van der Waals surface area (Å²) in [6.07, 6.45) is 5.10. The number of benzene rings is 2. The zero-order valence-electron chi connectivity index (χ0n) is 18.0. The van der Waals surface area contributed by atoms with Gasteiger partial charge in [-0.3, -0.25) is 4.99 Å². The van der Waals surface area contributed by atoms with Gasteiger partial charge in [0.15, 0.2) is 0 Å². The van der Waals surface area contributed by atoms with Gasteiger partial charge >= 0.3 is 0 Å². The van der Waals surface area contributed by atoms with E-state index in [9.17, 15) is 8.42 Å². The van der Waals surface area contributed by atoms with Gasteiger partial charge in [-0.15, -0.1) is 0 Å². The Morgan fingerprint density at radius 2 is 1.70 bits per heavy atom. The molecule has 1 fully saturated rings. The molecule has 0 aromatic heterocycles. The molecule has 0 saturated carbocycles. The van der Waals surface area contributed by atoms with Crippen molar-refractivity contribution in [1.82, 2.24) is 4.31 Å². The topological polar surface area (TPSA) is 62.2 Å². The zero-order valence-corrected chi connectivity index (χ0v) is 18.9. The summed E-state index contributed by atoms with van der Waals surface area (Å²) < 4.78 is 33.5. The second-order valence-corrected chi connectivity index (χ2v) is 9.23. The van der Waals surface area contributed by atoms with E-state index in [1.165, 1.54) is 10.7 Å². The number of piperidine rings is 1. The molecule has 1 saturated heterocycles. The number of aliphatic imine (C=N–C) groups is 1. The van der Waals surface area contributed by atoms with Crippen LogP contribution in [0, 0.1) is 0 Å². The maximum Gasteiger partial charge on any atom is 0.245 e. The predicted molar refractivity (Wildman–Crippen MR) is 123 cm³/mol. The fourth-order valence-corrected chi connectivity index (χ4v) is 5.42. The average Bonchev–Trinajstić information content (AvgIpc) is 2.79. The van der Waals surface area contributed by atoms with Crippen molar-refractivity contribution in [2.75, 3.05) is 38.2 Å². The molecule has 1 heterocycles. The van der Waals surface area contributed by atoms with Crippen molar-refractivity contribution in [1.29, 1.82) is 0 Å². The van der Waals surface area contributed by atoms with Crippen molar-refractivity contribution in [3.05, 3.63) is 48.0 Å². The maximum atomic E-state index is 13.4. The van der Waals surface area contributed by atoms with Crippen molar-refractivity contribution >= 4 is 27.6 Å². The molecule has 0 spiro atoms. The Morgan fingerprint density at radius 1 is 1.03 bits per heavy atom. The minimum Gasteiger partial charge on any atom is -0.497 e. The van der Waals surface area contributed by atoms with Crippen LogP contribution in [0.5, 0.6) is 5.75 Å². The van der Waals surface area contributed by atoms with E-state index in [0.717, 1.165) is 42.9 Å². The van der Waals surface area contributed by atoms with E-state index in [-0.39, 0.29) is 0 Å². The summed E-state index contributed by atoms with van der Waals surface area (Å²) in [7, 11) is -1.96. The van der Waals surface area contributed by atoms with Crippen molar-refractivity contribution in [3.63, 3.8) is 0 Å². The highest BCUT2D eigenvalue weighted by molar-refractivity contribution is 7.89. The summed E-state index contributed by atoms with van der Waals surface area (Å²) in [5.74, 6) is 0.783. The van der Waals surface area contributed by atoms with Gasteiger partial charge in [-0.1, -0.05) is 13.8 Å². The van der Waals surface area contributed by atoms with Gasteiger partial charge in [0.1, 0.15) is 10.6 Å². The van der Waals surface area contributed by atoms with E-state index in [1.807, 2.05) is 50.2 Å². The lowest BCUT2D eigenvalue weighted by atomic mass is 10.1. The van der Waals surface area contributed by atoms with Crippen LogP contribution in [0.1, 0.15) is 38.7 Å². The minimum absolute atomic E-state index is 0.345. The lowest BCUT2D eigenvalue weighted by Gasteiger charge is -2.31. The highest BCUT2D eigenvalue weighted by atomic mass is 32.2. The number of methoxy groups -OCH3 is 1. The number of hydrogen-bond donors (Lipinski definition) is 0. The smallest absolute Gasteiger partial charge is 0.245 e. The molecule has 0 aliphatic carbocycles. The van der Waals surface area contributed by atoms with Gasteiger partial charge in [0.05, 0.1) is 18.5 Å². The number of sulfonamides is 1. The molecule has 0 bridgehead atoms. The lowest BCUT2D eigenvalue weighted by molar-refractivity contribution is 0.415. The van der Waals surface area contributed by atoms with Crippen molar-refractivity contribution < 1.29 is 13.2 Å². The largest absolute Gasteiger partial charge is 0.497 e. The normalized spacial score (nSPS) is 15.1. The van der Waals surface area contributed by atoms with E-state index in [0.29, 0.717) is 23.7 Å². The monoisotopic (exact) mass is 429 g/mol. The molecule has 162 valence electrons. The third kappa shape index (κ3) is 5.02. The fourth-order valence-electron chi connectivity index (χ4n) is 3.73. The molecule has 3 rings (SSSR count). The summed E-state index contributed by atoms with van der Waals surface area (Å²) in [5.41, 5.74) is 2.33. The molecule has 0 radical (unpaired) electrons. The first-order chi connectivity index (χ1) is 14.5. The molecule has 0 unspecified atom stereocenters. The van der Waals surface area contributed by atoms with Gasteiger partial charge in [0.2, 0.25) is 10.0 Å². The Hall–Kier alpha value is -2.38. The molecule has 2 aromatic carbocycles. The molecule has 7 heteroatoms. The molecule has 1 aliphatic rings. The van der Waals surface area contributed by atoms with Gasteiger partial charge in [-0.2, -0.15) is 4.31 Å². The van der Waals surface area contributed by atoms with Crippen LogP contribution in [0.3, 0.4) is 0 Å². The molecule has 1 aliphatic heterocycles. The number of rotatable bonds is 8. The Morgan fingerprint density at radius 3 is 2.30 bits per heavy atom. The number of anilines is 1. The summed E-state index contributed by atoms with van der Waals surface area (Å²) >= 11 is 0. The highest BCUT2D eigenvalue weighted by Crippen LogP contribution is 2.33. The lowest BCUT2D eigenvalue weighted by Crippen LogP contribution is -2.34. The molecule has 0 atom stereocenters. The first-order valence-corrected chi connectivity index (χ1v) is 12.0. The van der Waals surface area contributed by atoms with E-state index >= 15 is 0 Å². The number of hydrogen-bond acceptors (Lipinski definition) is 5. The summed E-state index contributed by atoms with van der Waals surface area (Å²) in [6.45, 7) is 6.39. The first-order valence-electron chi connectivity index (χ1n) is 10.6. The molecular weight excluding hydrogens is 398 g/mol. The second kappa shape index (κ2) is 10.1. The molecule has 2 aromatic rings. The van der Waals surface area contributed by atoms with Crippen LogP contribution in [-0.4, -0.2) is 52.2 Å². The SMILES string of the molecule is CCN(CC)S(=O)(=O)c1cc(N=Cc2ccc(OC)cc2)ccc1N1CCCCC1. The Kier molecular flexibility index (Phi) is 7.50. The van der Waals surface area contributed by atoms with Gasteiger partial charge in [0, 0.05) is 32.4 Å². The van der Waals surface area contributed by atoms with Crippen LogP contribution in [-0.2, 0) is 10.0 Å². The Labute approximate surface area is 180 Å². The molecule has 30 heavy (non-hydrogen) atoms. The van der Waals surface area contributed by atoms with Gasteiger partial charge in [-0.25, -0.2) is 8.42 Å². The van der Waals surface area contributed by atoms with Crippen LogP contribution in [0.4, 0.5) is 11.4 Å². The van der Waals surface area contributed by atoms with Crippen LogP contribution < -0.4 is 9.64 Å². The predicted octanol–water partition coefficient (Wildman–Crippen LogP) is 4.47. The molecule has 6 nitrogen and oxygen atoms in total. The average molecular weight is 430 g/mol. The van der Waals surface area contributed by atoms with Crippen molar-refractivity contribution in [2.24, 2.45) is 4.99 Å². The van der Waals surface area contributed by atoms with Crippen molar-refractivity contribution in [2.45, 2.75) is 38.0 Å². The summed E-state index contributed by atoms with van der Waals surface area (Å²) in [5, 5.41) is 0. The quantitative estimate of drug-likeness (QED) is 0.581. The van der Waals surface area contributed by atoms with Gasteiger partial charge in [0.25, 0.3) is 0 Å². The molecular formula is C23H31N3O3S. The Balaban J connectivity index is 1.98. The summed E-state index contributed by atoms with van der Waals surface area (Å²) in [4.78, 5) is 7.07. The Bertz CT molecular complexity index is 962. The first kappa shape index (κ1) is 22.3. The van der Waals surface area contributed by atoms with E-state index in [1.54, 1.807) is 19.4 Å².